The first-order valence-corrected chi connectivity index (χ1v) is 21.0. The number of fused-ring (bicyclic) bond motifs is 11. The average Bonchev–Trinajstić information content (AvgIpc) is 3.82. The Balaban J connectivity index is 1.17. The molecule has 0 aliphatic carbocycles. The van der Waals surface area contributed by atoms with Crippen molar-refractivity contribution in [2.24, 2.45) is 0 Å². The Morgan fingerprint density at radius 1 is 0.379 bits per heavy atom. The molecule has 0 saturated carbocycles. The van der Waals surface area contributed by atoms with Crippen LogP contribution in [0.15, 0.2) is 180 Å². The van der Waals surface area contributed by atoms with Crippen LogP contribution in [0.4, 0.5) is 0 Å². The van der Waals surface area contributed by atoms with Gasteiger partial charge in [-0.3, -0.25) is 0 Å². The van der Waals surface area contributed by atoms with E-state index >= 15 is 0 Å². The lowest BCUT2D eigenvalue weighted by atomic mass is 9.83. The van der Waals surface area contributed by atoms with E-state index in [1.807, 2.05) is 17.4 Å². The van der Waals surface area contributed by atoms with Crippen LogP contribution in [0.5, 0.6) is 0 Å². The molecule has 12 aromatic rings. The van der Waals surface area contributed by atoms with Crippen LogP contribution < -0.4 is 0 Å². The highest BCUT2D eigenvalue weighted by atomic mass is 32.1. The van der Waals surface area contributed by atoms with Crippen molar-refractivity contribution in [1.82, 2.24) is 0 Å². The summed E-state index contributed by atoms with van der Waals surface area (Å²) in [4.78, 5) is 0. The lowest BCUT2D eigenvalue weighted by Crippen LogP contribution is -2.10. The molecular weight excluding hydrogens is 721 g/mol. The number of thiophene rings is 1. The van der Waals surface area contributed by atoms with Gasteiger partial charge in [-0.25, -0.2) is 0 Å². The number of benzene rings is 10. The topological polar surface area (TPSA) is 13.1 Å². The van der Waals surface area contributed by atoms with Crippen molar-refractivity contribution >= 4 is 96.5 Å². The third-order valence-corrected chi connectivity index (χ3v) is 13.5. The number of hydrogen-bond acceptors (Lipinski definition) is 2. The maximum Gasteiger partial charge on any atom is 0.135 e. The van der Waals surface area contributed by atoms with E-state index < -0.39 is 0 Å². The van der Waals surface area contributed by atoms with Crippen molar-refractivity contribution in [3.05, 3.63) is 181 Å². The van der Waals surface area contributed by atoms with E-state index in [0.717, 1.165) is 21.9 Å². The van der Waals surface area contributed by atoms with E-state index in [1.54, 1.807) is 0 Å². The molecule has 0 aliphatic rings. The molecule has 1 nitrogen and oxygen atoms in total. The smallest absolute Gasteiger partial charge is 0.135 e. The quantitative estimate of drug-likeness (QED) is 0.129. The molecule has 0 atom stereocenters. The minimum atomic E-state index is 0.0548. The van der Waals surface area contributed by atoms with Gasteiger partial charge >= 0.3 is 0 Å². The fraction of sp³-hybridized carbons (Fsp3) is 0.0714. The Kier molecular flexibility index (Phi) is 7.13. The van der Waals surface area contributed by atoms with Crippen LogP contribution in [0.3, 0.4) is 0 Å². The van der Waals surface area contributed by atoms with Gasteiger partial charge in [0.05, 0.1) is 0 Å². The molecule has 0 aliphatic heterocycles. The summed E-state index contributed by atoms with van der Waals surface area (Å²) in [7, 11) is 0. The summed E-state index contributed by atoms with van der Waals surface area (Å²) < 4.78 is 8.89. The first kappa shape index (κ1) is 33.4. The third kappa shape index (κ3) is 5.01. The predicted octanol–water partition coefficient (Wildman–Crippen LogP) is 16.9. The average molecular weight is 759 g/mol. The molecule has 2 heterocycles. The molecular formula is C56H38OS. The van der Waals surface area contributed by atoms with Gasteiger partial charge in [0.2, 0.25) is 0 Å². The Hall–Kier alpha value is -6.74. The van der Waals surface area contributed by atoms with Gasteiger partial charge in [0, 0.05) is 30.9 Å². The molecule has 0 fully saturated rings. The number of furan rings is 1. The molecule has 0 unspecified atom stereocenters. The van der Waals surface area contributed by atoms with Gasteiger partial charge in [0.15, 0.2) is 0 Å². The van der Waals surface area contributed by atoms with E-state index in [2.05, 4.69) is 191 Å². The molecule has 0 saturated heterocycles. The van der Waals surface area contributed by atoms with Crippen LogP contribution in [0, 0.1) is 0 Å². The minimum Gasteiger partial charge on any atom is -0.456 e. The summed E-state index contributed by atoms with van der Waals surface area (Å²) in [6.45, 7) is 6.91. The Labute approximate surface area is 340 Å². The third-order valence-electron chi connectivity index (χ3n) is 12.4. The van der Waals surface area contributed by atoms with Crippen LogP contribution in [-0.4, -0.2) is 0 Å². The van der Waals surface area contributed by atoms with E-state index in [-0.39, 0.29) is 5.41 Å². The van der Waals surface area contributed by atoms with Crippen LogP contribution >= 0.6 is 11.3 Å². The van der Waals surface area contributed by atoms with E-state index in [1.165, 1.54) is 102 Å². The molecule has 0 amide bonds. The molecule has 12 rings (SSSR count). The van der Waals surface area contributed by atoms with E-state index in [4.69, 9.17) is 4.42 Å². The number of rotatable bonds is 3. The Morgan fingerprint density at radius 2 is 0.983 bits per heavy atom. The normalized spacial score (nSPS) is 12.4. The van der Waals surface area contributed by atoms with Gasteiger partial charge < -0.3 is 4.42 Å². The second-order valence-corrected chi connectivity index (χ2v) is 17.9. The highest BCUT2D eigenvalue weighted by Gasteiger charge is 2.23. The molecule has 10 aromatic carbocycles. The first-order chi connectivity index (χ1) is 28.4. The van der Waals surface area contributed by atoms with Crippen molar-refractivity contribution in [2.45, 2.75) is 26.2 Å². The second-order valence-electron chi connectivity index (χ2n) is 16.8. The van der Waals surface area contributed by atoms with E-state index in [0.29, 0.717) is 0 Å². The maximum absolute atomic E-state index is 6.27. The fourth-order valence-electron chi connectivity index (χ4n) is 9.54. The van der Waals surface area contributed by atoms with Gasteiger partial charge in [-0.15, -0.1) is 11.3 Å². The number of para-hydroxylation sites is 1. The van der Waals surface area contributed by atoms with Crippen molar-refractivity contribution in [1.29, 1.82) is 0 Å². The second kappa shape index (κ2) is 12.4. The van der Waals surface area contributed by atoms with Gasteiger partial charge in [-0.2, -0.15) is 0 Å². The lowest BCUT2D eigenvalue weighted by Gasteiger charge is -2.20. The summed E-state index contributed by atoms with van der Waals surface area (Å²) in [5.74, 6) is 0. The Bertz CT molecular complexity index is 3610. The monoisotopic (exact) mass is 758 g/mol. The number of hydrogen-bond donors (Lipinski definition) is 0. The molecule has 0 N–H and O–H groups in total. The highest BCUT2D eigenvalue weighted by Crippen LogP contribution is 2.50. The lowest BCUT2D eigenvalue weighted by molar-refractivity contribution is 0.591. The van der Waals surface area contributed by atoms with Crippen LogP contribution in [-0.2, 0) is 5.41 Å². The molecule has 0 bridgehead atoms. The zero-order valence-electron chi connectivity index (χ0n) is 32.6. The van der Waals surface area contributed by atoms with Crippen LogP contribution in [0.25, 0.3) is 119 Å². The van der Waals surface area contributed by atoms with Crippen molar-refractivity contribution in [3.8, 4) is 33.4 Å². The molecule has 2 aromatic heterocycles. The largest absolute Gasteiger partial charge is 0.456 e. The maximum atomic E-state index is 6.27. The Morgan fingerprint density at radius 3 is 1.74 bits per heavy atom. The van der Waals surface area contributed by atoms with Crippen LogP contribution in [0.2, 0.25) is 0 Å². The van der Waals surface area contributed by atoms with Crippen molar-refractivity contribution in [2.75, 3.05) is 0 Å². The molecule has 0 spiro atoms. The van der Waals surface area contributed by atoms with Crippen molar-refractivity contribution in [3.63, 3.8) is 0 Å². The van der Waals surface area contributed by atoms with Crippen molar-refractivity contribution < 1.29 is 4.42 Å². The fourth-order valence-corrected chi connectivity index (χ4v) is 10.8. The highest BCUT2D eigenvalue weighted by molar-refractivity contribution is 7.26. The predicted molar refractivity (Wildman–Crippen MR) is 252 cm³/mol. The minimum absolute atomic E-state index is 0.0548. The van der Waals surface area contributed by atoms with Gasteiger partial charge in [-0.1, -0.05) is 154 Å². The summed E-state index contributed by atoms with van der Waals surface area (Å²) in [6, 6.07) is 65.5. The SMILES string of the molecule is CC(C)(C)c1ccc2c(c1)sc1cc(-c3ccc4oc5ccccc5c4c3)cc(-c3c4ccccc4c(-c4ccc5c(ccc6ccccc65)c4)c4ccccc34)c12. The van der Waals surface area contributed by atoms with Gasteiger partial charge in [0.1, 0.15) is 11.2 Å². The van der Waals surface area contributed by atoms with Gasteiger partial charge in [-0.05, 0) is 130 Å². The van der Waals surface area contributed by atoms with Crippen LogP contribution in [0.1, 0.15) is 26.3 Å². The molecule has 58 heavy (non-hydrogen) atoms. The summed E-state index contributed by atoms with van der Waals surface area (Å²) in [5, 5.41) is 15.1. The summed E-state index contributed by atoms with van der Waals surface area (Å²) >= 11 is 1.91. The van der Waals surface area contributed by atoms with Gasteiger partial charge in [0.25, 0.3) is 0 Å². The zero-order valence-corrected chi connectivity index (χ0v) is 33.4. The standard InChI is InChI=1S/C56H38OS/c1-56(2,3)38-24-26-46-51(32-38)58-52-31-37(34-23-27-50-47(29-34)41-14-10-11-19-49(41)57-50)30-48(55(46)52)54-44-17-8-6-15-42(44)53(43-16-7-9-18-45(43)54)36-22-25-40-35(28-36)21-20-33-12-4-5-13-39(33)40/h4-32H,1-3H3. The summed E-state index contributed by atoms with van der Waals surface area (Å²) in [5.41, 5.74) is 10.7. The zero-order chi connectivity index (χ0) is 38.7. The molecule has 2 heteroatoms. The molecule has 274 valence electrons. The molecule has 0 radical (unpaired) electrons. The van der Waals surface area contributed by atoms with E-state index in [9.17, 15) is 0 Å². The summed E-state index contributed by atoms with van der Waals surface area (Å²) in [6.07, 6.45) is 0. The first-order valence-electron chi connectivity index (χ1n) is 20.2.